The molecular weight excluding hydrogens is 186 g/mol. The van der Waals surface area contributed by atoms with Gasteiger partial charge in [-0.25, -0.2) is 0 Å². The third-order valence-electron chi connectivity index (χ3n) is 2.31. The summed E-state index contributed by atoms with van der Waals surface area (Å²) in [6, 6.07) is 11.9. The molecule has 0 atom stereocenters. The molecular formula is C12H11N3. The summed E-state index contributed by atoms with van der Waals surface area (Å²) in [6.07, 6.45) is 1.70. The minimum absolute atomic E-state index is 0.550. The quantitative estimate of drug-likeness (QED) is 0.773. The van der Waals surface area contributed by atoms with Crippen LogP contribution < -0.4 is 5.73 Å². The van der Waals surface area contributed by atoms with Gasteiger partial charge in [0.1, 0.15) is 6.07 Å². The lowest BCUT2D eigenvalue weighted by molar-refractivity contribution is 1.07. The molecule has 0 radical (unpaired) electrons. The van der Waals surface area contributed by atoms with Crippen molar-refractivity contribution in [3.63, 3.8) is 0 Å². The van der Waals surface area contributed by atoms with Crippen molar-refractivity contribution >= 4 is 0 Å². The van der Waals surface area contributed by atoms with Gasteiger partial charge in [0.05, 0.1) is 5.56 Å². The number of aromatic amines is 1. The van der Waals surface area contributed by atoms with Gasteiger partial charge in [-0.05, 0) is 17.2 Å². The molecule has 0 aliphatic rings. The molecule has 0 fully saturated rings. The Hall–Kier alpha value is -2.05. The van der Waals surface area contributed by atoms with Crippen LogP contribution in [0.4, 0.5) is 0 Å². The lowest BCUT2D eigenvalue weighted by Gasteiger charge is -1.99. The van der Waals surface area contributed by atoms with Gasteiger partial charge in [-0.1, -0.05) is 24.3 Å². The van der Waals surface area contributed by atoms with Crippen LogP contribution in [-0.4, -0.2) is 4.98 Å². The number of benzene rings is 1. The Bertz CT molecular complexity index is 488. The molecule has 15 heavy (non-hydrogen) atoms. The average Bonchev–Trinajstić information content (AvgIpc) is 2.78. The Labute approximate surface area is 88.2 Å². The van der Waals surface area contributed by atoms with Crippen molar-refractivity contribution < 1.29 is 0 Å². The standard InChI is InChI=1S/C12H11N3/c13-6-9-1-3-11(4-2-9)12-5-10(7-14)8-15-12/h1-5,8,15H,6,13H2. The molecule has 0 saturated heterocycles. The van der Waals surface area contributed by atoms with Crippen molar-refractivity contribution in [2.45, 2.75) is 6.54 Å². The maximum atomic E-state index is 8.69. The van der Waals surface area contributed by atoms with Crippen LogP contribution in [-0.2, 0) is 6.54 Å². The van der Waals surface area contributed by atoms with Crippen molar-refractivity contribution in [1.29, 1.82) is 5.26 Å². The topological polar surface area (TPSA) is 65.6 Å². The summed E-state index contributed by atoms with van der Waals surface area (Å²) >= 11 is 0. The van der Waals surface area contributed by atoms with E-state index >= 15 is 0 Å². The monoisotopic (exact) mass is 197 g/mol. The Morgan fingerprint density at radius 2 is 2.00 bits per heavy atom. The number of hydrogen-bond donors (Lipinski definition) is 2. The van der Waals surface area contributed by atoms with E-state index in [4.69, 9.17) is 11.0 Å². The third-order valence-corrected chi connectivity index (χ3v) is 2.31. The Morgan fingerprint density at radius 3 is 2.53 bits per heavy atom. The summed E-state index contributed by atoms with van der Waals surface area (Å²) in [6.45, 7) is 0.550. The SMILES string of the molecule is N#Cc1c[nH]c(-c2ccc(CN)cc2)c1. The summed E-state index contributed by atoms with van der Waals surface area (Å²) < 4.78 is 0. The maximum Gasteiger partial charge on any atom is 0.101 e. The second-order valence-electron chi connectivity index (χ2n) is 3.31. The highest BCUT2D eigenvalue weighted by Crippen LogP contribution is 2.19. The zero-order valence-electron chi connectivity index (χ0n) is 8.20. The van der Waals surface area contributed by atoms with Crippen molar-refractivity contribution in [1.82, 2.24) is 4.98 Å². The van der Waals surface area contributed by atoms with Crippen molar-refractivity contribution in [2.75, 3.05) is 0 Å². The van der Waals surface area contributed by atoms with Gasteiger partial charge in [-0.2, -0.15) is 5.26 Å². The fourth-order valence-electron chi connectivity index (χ4n) is 1.45. The van der Waals surface area contributed by atoms with E-state index in [1.165, 1.54) is 0 Å². The van der Waals surface area contributed by atoms with E-state index in [9.17, 15) is 0 Å². The van der Waals surface area contributed by atoms with Crippen molar-refractivity contribution in [2.24, 2.45) is 5.73 Å². The predicted octanol–water partition coefficient (Wildman–Crippen LogP) is 2.01. The summed E-state index contributed by atoms with van der Waals surface area (Å²) in [5.41, 5.74) is 9.28. The van der Waals surface area contributed by atoms with E-state index in [2.05, 4.69) is 11.1 Å². The second kappa shape index (κ2) is 3.99. The fourth-order valence-corrected chi connectivity index (χ4v) is 1.45. The molecule has 0 amide bonds. The molecule has 0 unspecified atom stereocenters. The zero-order valence-corrected chi connectivity index (χ0v) is 8.20. The Morgan fingerprint density at radius 1 is 1.27 bits per heavy atom. The van der Waals surface area contributed by atoms with Gasteiger partial charge in [0.15, 0.2) is 0 Å². The number of nitrogens with zero attached hydrogens (tertiary/aromatic N) is 1. The van der Waals surface area contributed by atoms with Crippen LogP contribution in [0.2, 0.25) is 0 Å². The van der Waals surface area contributed by atoms with Gasteiger partial charge >= 0.3 is 0 Å². The highest BCUT2D eigenvalue weighted by atomic mass is 14.7. The van der Waals surface area contributed by atoms with E-state index in [1.54, 1.807) is 6.20 Å². The molecule has 3 heteroatoms. The van der Waals surface area contributed by atoms with Gasteiger partial charge in [0.25, 0.3) is 0 Å². The fraction of sp³-hybridized carbons (Fsp3) is 0.0833. The highest BCUT2D eigenvalue weighted by molar-refractivity contribution is 5.61. The van der Waals surface area contributed by atoms with Crippen molar-refractivity contribution in [3.05, 3.63) is 47.7 Å². The summed E-state index contributed by atoms with van der Waals surface area (Å²) in [5, 5.41) is 8.69. The first-order valence-corrected chi connectivity index (χ1v) is 4.71. The first-order chi connectivity index (χ1) is 7.33. The van der Waals surface area contributed by atoms with Crippen molar-refractivity contribution in [3.8, 4) is 17.3 Å². The van der Waals surface area contributed by atoms with Gasteiger partial charge in [0.2, 0.25) is 0 Å². The van der Waals surface area contributed by atoms with E-state index in [1.807, 2.05) is 30.3 Å². The molecule has 1 aromatic carbocycles. The molecule has 1 heterocycles. The molecule has 2 rings (SSSR count). The molecule has 0 spiro atoms. The molecule has 74 valence electrons. The van der Waals surface area contributed by atoms with Crippen LogP contribution >= 0.6 is 0 Å². The van der Waals surface area contributed by atoms with Gasteiger partial charge < -0.3 is 10.7 Å². The number of nitrogens with one attached hydrogen (secondary N) is 1. The summed E-state index contributed by atoms with van der Waals surface area (Å²) in [5.74, 6) is 0. The van der Waals surface area contributed by atoms with E-state index < -0.39 is 0 Å². The van der Waals surface area contributed by atoms with Crippen LogP contribution in [0.1, 0.15) is 11.1 Å². The van der Waals surface area contributed by atoms with Gasteiger partial charge in [0, 0.05) is 18.4 Å². The van der Waals surface area contributed by atoms with Crippen LogP contribution in [0.5, 0.6) is 0 Å². The first kappa shape index (κ1) is 9.50. The average molecular weight is 197 g/mol. The maximum absolute atomic E-state index is 8.69. The normalized spacial score (nSPS) is 9.87. The Kier molecular flexibility index (Phi) is 2.53. The molecule has 0 saturated carbocycles. The smallest absolute Gasteiger partial charge is 0.101 e. The van der Waals surface area contributed by atoms with Crippen LogP contribution in [0.15, 0.2) is 36.5 Å². The minimum Gasteiger partial charge on any atom is -0.360 e. The summed E-state index contributed by atoms with van der Waals surface area (Å²) in [4.78, 5) is 3.06. The van der Waals surface area contributed by atoms with E-state index in [0.717, 1.165) is 16.8 Å². The van der Waals surface area contributed by atoms with Crippen LogP contribution in [0.3, 0.4) is 0 Å². The summed E-state index contributed by atoms with van der Waals surface area (Å²) in [7, 11) is 0. The van der Waals surface area contributed by atoms with Gasteiger partial charge in [-0.15, -0.1) is 0 Å². The number of H-pyrrole nitrogens is 1. The largest absolute Gasteiger partial charge is 0.360 e. The molecule has 0 aliphatic carbocycles. The molecule has 3 nitrogen and oxygen atoms in total. The molecule has 2 aromatic rings. The molecule has 0 aliphatic heterocycles. The third kappa shape index (κ3) is 1.90. The number of hydrogen-bond acceptors (Lipinski definition) is 2. The Balaban J connectivity index is 2.33. The van der Waals surface area contributed by atoms with E-state index in [0.29, 0.717) is 12.1 Å². The second-order valence-corrected chi connectivity index (χ2v) is 3.31. The highest BCUT2D eigenvalue weighted by Gasteiger charge is 2.00. The molecule has 1 aromatic heterocycles. The minimum atomic E-state index is 0.550. The van der Waals surface area contributed by atoms with Crippen LogP contribution in [0.25, 0.3) is 11.3 Å². The van der Waals surface area contributed by atoms with Gasteiger partial charge in [-0.3, -0.25) is 0 Å². The number of nitriles is 1. The molecule has 3 N–H and O–H groups in total. The predicted molar refractivity (Wildman–Crippen MR) is 58.8 cm³/mol. The lowest BCUT2D eigenvalue weighted by Crippen LogP contribution is -1.95. The lowest BCUT2D eigenvalue weighted by atomic mass is 10.1. The first-order valence-electron chi connectivity index (χ1n) is 4.71. The van der Waals surface area contributed by atoms with E-state index in [-0.39, 0.29) is 0 Å². The van der Waals surface area contributed by atoms with Crippen LogP contribution in [0, 0.1) is 11.3 Å². The number of rotatable bonds is 2. The number of nitrogens with two attached hydrogens (primary N) is 1. The zero-order chi connectivity index (χ0) is 10.7. The molecule has 0 bridgehead atoms. The number of aromatic nitrogens is 1.